The Labute approximate surface area is 103 Å². The molecule has 0 unspecified atom stereocenters. The van der Waals surface area contributed by atoms with Crippen LogP contribution in [0.15, 0.2) is 6.20 Å². The van der Waals surface area contributed by atoms with Gasteiger partial charge in [0.2, 0.25) is 0 Å². The van der Waals surface area contributed by atoms with Crippen molar-refractivity contribution in [3.63, 3.8) is 0 Å². The minimum absolute atomic E-state index is 0.149. The molecule has 18 heavy (non-hydrogen) atoms. The largest absolute Gasteiger partial charge is 0.418 e. The van der Waals surface area contributed by atoms with Crippen LogP contribution in [0.3, 0.4) is 0 Å². The Bertz CT molecular complexity index is 475. The van der Waals surface area contributed by atoms with Gasteiger partial charge in [-0.2, -0.15) is 13.2 Å². The number of pyridine rings is 1. The first-order chi connectivity index (χ1) is 8.20. The van der Waals surface area contributed by atoms with E-state index in [1.807, 2.05) is 0 Å². The number of nitrogens with two attached hydrogens (primary N) is 1. The molecule has 0 aromatic carbocycles. The number of hydrogen-bond acceptors (Lipinski definition) is 3. The first kappa shape index (κ1) is 14.8. The van der Waals surface area contributed by atoms with Crippen LogP contribution in [0.1, 0.15) is 33.6 Å². The van der Waals surface area contributed by atoms with Gasteiger partial charge in [-0.1, -0.05) is 0 Å². The van der Waals surface area contributed by atoms with Crippen molar-refractivity contribution in [1.29, 1.82) is 0 Å². The summed E-state index contributed by atoms with van der Waals surface area (Å²) in [5, 5.41) is -1.51. The highest BCUT2D eigenvalue weighted by Crippen LogP contribution is 2.36. The molecule has 1 aromatic heterocycles. The van der Waals surface area contributed by atoms with Crippen molar-refractivity contribution >= 4 is 16.8 Å². The molecule has 0 aliphatic carbocycles. The van der Waals surface area contributed by atoms with E-state index >= 15 is 0 Å². The second kappa shape index (κ2) is 5.15. The molecule has 0 fully saturated rings. The standard InChI is InChI=1S/C9H6ClF5N2O/c10-7(18)5-3(1-16)6(8(11)12)17-2-4(5)9(13,14)15/h2,8H,1,16H2. The predicted molar refractivity (Wildman–Crippen MR) is 52.3 cm³/mol. The third kappa shape index (κ3) is 2.75. The van der Waals surface area contributed by atoms with Gasteiger partial charge in [-0.25, -0.2) is 8.78 Å². The van der Waals surface area contributed by atoms with E-state index in [2.05, 4.69) is 4.98 Å². The normalized spacial score (nSPS) is 12.0. The number of aromatic nitrogens is 1. The molecule has 0 radical (unpaired) electrons. The maximum atomic E-state index is 12.6. The van der Waals surface area contributed by atoms with Gasteiger partial charge in [-0.15, -0.1) is 0 Å². The van der Waals surface area contributed by atoms with Gasteiger partial charge in [0.15, 0.2) is 0 Å². The SMILES string of the molecule is NCc1c(C(F)F)ncc(C(F)(F)F)c1C(=O)Cl. The molecule has 1 aromatic rings. The highest BCUT2D eigenvalue weighted by molar-refractivity contribution is 6.68. The second-order valence-electron chi connectivity index (χ2n) is 3.19. The fraction of sp³-hybridized carbons (Fsp3) is 0.333. The summed E-state index contributed by atoms with van der Waals surface area (Å²) >= 11 is 5.01. The average molecular weight is 289 g/mol. The molecule has 0 atom stereocenters. The summed E-state index contributed by atoms with van der Waals surface area (Å²) in [5.41, 5.74) is 0.864. The van der Waals surface area contributed by atoms with Gasteiger partial charge < -0.3 is 5.73 Å². The summed E-state index contributed by atoms with van der Waals surface area (Å²) in [6.45, 7) is -0.704. The maximum absolute atomic E-state index is 12.6. The molecule has 2 N–H and O–H groups in total. The summed E-state index contributed by atoms with van der Waals surface area (Å²) in [6.07, 6.45) is -7.94. The number of nitrogens with zero attached hydrogens (tertiary/aromatic N) is 1. The topological polar surface area (TPSA) is 56.0 Å². The second-order valence-corrected chi connectivity index (χ2v) is 3.53. The van der Waals surface area contributed by atoms with Crippen LogP contribution in [0.4, 0.5) is 22.0 Å². The number of rotatable bonds is 3. The fourth-order valence-corrected chi connectivity index (χ4v) is 1.62. The first-order valence-corrected chi connectivity index (χ1v) is 4.85. The Balaban J connectivity index is 3.64. The van der Waals surface area contributed by atoms with E-state index in [9.17, 15) is 26.7 Å². The van der Waals surface area contributed by atoms with E-state index in [1.54, 1.807) is 0 Å². The van der Waals surface area contributed by atoms with Crippen molar-refractivity contribution in [3.05, 3.63) is 28.6 Å². The molecular formula is C9H6ClF5N2O. The molecule has 0 bridgehead atoms. The highest BCUT2D eigenvalue weighted by atomic mass is 35.5. The Hall–Kier alpha value is -1.28. The molecule has 0 amide bonds. The molecular weight excluding hydrogens is 283 g/mol. The highest BCUT2D eigenvalue weighted by Gasteiger charge is 2.38. The smallest absolute Gasteiger partial charge is 0.326 e. The number of alkyl halides is 5. The van der Waals surface area contributed by atoms with Crippen LogP contribution in [0.25, 0.3) is 0 Å². The van der Waals surface area contributed by atoms with Crippen LogP contribution in [0.2, 0.25) is 0 Å². The lowest BCUT2D eigenvalue weighted by atomic mass is 10.0. The van der Waals surface area contributed by atoms with Crippen molar-refractivity contribution in [2.75, 3.05) is 0 Å². The molecule has 9 heteroatoms. The molecule has 1 rings (SSSR count). The van der Waals surface area contributed by atoms with Crippen molar-refractivity contribution in [2.45, 2.75) is 19.1 Å². The lowest BCUT2D eigenvalue weighted by Gasteiger charge is -2.15. The van der Waals surface area contributed by atoms with E-state index in [-0.39, 0.29) is 6.20 Å². The zero-order valence-corrected chi connectivity index (χ0v) is 9.32. The third-order valence-electron chi connectivity index (χ3n) is 2.13. The number of carbonyl (C=O) groups is 1. The summed E-state index contributed by atoms with van der Waals surface area (Å²) in [4.78, 5) is 14.0. The molecule has 0 saturated heterocycles. The van der Waals surface area contributed by atoms with Crippen molar-refractivity contribution < 1.29 is 26.7 Å². The molecule has 0 aliphatic heterocycles. The van der Waals surface area contributed by atoms with Crippen LogP contribution in [-0.2, 0) is 12.7 Å². The quantitative estimate of drug-likeness (QED) is 0.687. The van der Waals surface area contributed by atoms with E-state index < -0.39 is 46.8 Å². The summed E-state index contributed by atoms with van der Waals surface area (Å²) in [7, 11) is 0. The Kier molecular flexibility index (Phi) is 4.23. The van der Waals surface area contributed by atoms with Crippen LogP contribution >= 0.6 is 11.6 Å². The van der Waals surface area contributed by atoms with Crippen molar-refractivity contribution in [3.8, 4) is 0 Å². The number of hydrogen-bond donors (Lipinski definition) is 1. The zero-order chi connectivity index (χ0) is 14.1. The maximum Gasteiger partial charge on any atom is 0.418 e. The minimum atomic E-state index is -4.93. The summed E-state index contributed by atoms with van der Waals surface area (Å²) in [5.74, 6) is 0. The zero-order valence-electron chi connectivity index (χ0n) is 8.56. The monoisotopic (exact) mass is 288 g/mol. The Morgan fingerprint density at radius 1 is 1.44 bits per heavy atom. The van der Waals surface area contributed by atoms with Crippen LogP contribution in [-0.4, -0.2) is 10.2 Å². The fourth-order valence-electron chi connectivity index (χ4n) is 1.40. The number of carbonyl (C=O) groups excluding carboxylic acids is 1. The van der Waals surface area contributed by atoms with Gasteiger partial charge >= 0.3 is 6.18 Å². The van der Waals surface area contributed by atoms with Crippen LogP contribution in [0, 0.1) is 0 Å². The molecule has 100 valence electrons. The van der Waals surface area contributed by atoms with E-state index in [1.165, 1.54) is 0 Å². The van der Waals surface area contributed by atoms with Crippen LogP contribution in [0.5, 0.6) is 0 Å². The van der Waals surface area contributed by atoms with Gasteiger partial charge in [0, 0.05) is 18.3 Å². The molecule has 3 nitrogen and oxygen atoms in total. The predicted octanol–water partition coefficient (Wildman–Crippen LogP) is 2.88. The summed E-state index contributed by atoms with van der Waals surface area (Å²) in [6, 6.07) is 0. The minimum Gasteiger partial charge on any atom is -0.326 e. The van der Waals surface area contributed by atoms with Gasteiger partial charge in [0.25, 0.3) is 11.7 Å². The molecule has 0 spiro atoms. The molecule has 0 saturated carbocycles. The van der Waals surface area contributed by atoms with E-state index in [0.29, 0.717) is 0 Å². The van der Waals surface area contributed by atoms with E-state index in [0.717, 1.165) is 0 Å². The van der Waals surface area contributed by atoms with Gasteiger partial charge in [0.05, 0.1) is 11.1 Å². The Morgan fingerprint density at radius 3 is 2.33 bits per heavy atom. The molecule has 0 aliphatic rings. The first-order valence-electron chi connectivity index (χ1n) is 4.47. The lowest BCUT2D eigenvalue weighted by molar-refractivity contribution is -0.138. The van der Waals surface area contributed by atoms with Crippen LogP contribution < -0.4 is 5.73 Å². The van der Waals surface area contributed by atoms with Crippen molar-refractivity contribution in [1.82, 2.24) is 4.98 Å². The van der Waals surface area contributed by atoms with Gasteiger partial charge in [-0.05, 0) is 11.6 Å². The lowest BCUT2D eigenvalue weighted by Crippen LogP contribution is -2.18. The van der Waals surface area contributed by atoms with Gasteiger partial charge in [0.1, 0.15) is 5.69 Å². The Morgan fingerprint density at radius 2 is 2.00 bits per heavy atom. The third-order valence-corrected chi connectivity index (χ3v) is 2.31. The van der Waals surface area contributed by atoms with E-state index in [4.69, 9.17) is 17.3 Å². The van der Waals surface area contributed by atoms with Gasteiger partial charge in [-0.3, -0.25) is 9.78 Å². The number of halogens is 6. The van der Waals surface area contributed by atoms with Crippen molar-refractivity contribution in [2.24, 2.45) is 5.73 Å². The average Bonchev–Trinajstić information content (AvgIpc) is 2.25. The molecule has 1 heterocycles. The summed E-state index contributed by atoms with van der Waals surface area (Å²) < 4.78 is 62.8.